The minimum atomic E-state index is 0.581. The number of furan rings is 1. The fourth-order valence-corrected chi connectivity index (χ4v) is 2.40. The molecule has 0 spiro atoms. The van der Waals surface area contributed by atoms with Crippen LogP contribution >= 0.6 is 15.9 Å². The molecule has 0 aliphatic heterocycles. The van der Waals surface area contributed by atoms with E-state index in [1.54, 1.807) is 6.08 Å². The van der Waals surface area contributed by atoms with Crippen LogP contribution < -0.4 is 0 Å². The molecule has 0 unspecified atom stereocenters. The van der Waals surface area contributed by atoms with Crippen LogP contribution in [0.1, 0.15) is 11.3 Å². The Balaban J connectivity index is 1.92. The van der Waals surface area contributed by atoms with Crippen molar-refractivity contribution in [3.8, 4) is 17.4 Å². The molecule has 2 aromatic carbocycles. The third-order valence-corrected chi connectivity index (χ3v) is 3.78. The van der Waals surface area contributed by atoms with E-state index >= 15 is 0 Å². The lowest BCUT2D eigenvalue weighted by molar-refractivity contribution is 0.572. The minimum absolute atomic E-state index is 0.581. The first-order chi connectivity index (χ1) is 10.8. The lowest BCUT2D eigenvalue weighted by atomic mass is 10.1. The first-order valence-electron chi connectivity index (χ1n) is 6.79. The third-order valence-electron chi connectivity index (χ3n) is 3.25. The molecule has 0 fully saturated rings. The fourth-order valence-electron chi connectivity index (χ4n) is 2.14. The van der Waals surface area contributed by atoms with Crippen molar-refractivity contribution in [2.24, 2.45) is 0 Å². The monoisotopic (exact) mass is 349 g/mol. The average Bonchev–Trinajstić information content (AvgIpc) is 3.03. The molecule has 0 atom stereocenters. The van der Waals surface area contributed by atoms with Gasteiger partial charge < -0.3 is 4.42 Å². The predicted octanol–water partition coefficient (Wildman–Crippen LogP) is 5.77. The molecule has 106 valence electrons. The summed E-state index contributed by atoms with van der Waals surface area (Å²) < 4.78 is 6.85. The Morgan fingerprint density at radius 2 is 1.68 bits per heavy atom. The van der Waals surface area contributed by atoms with Crippen LogP contribution in [0, 0.1) is 11.3 Å². The van der Waals surface area contributed by atoms with Crippen molar-refractivity contribution in [2.75, 3.05) is 0 Å². The molecule has 0 N–H and O–H groups in total. The largest absolute Gasteiger partial charge is 0.457 e. The Bertz CT molecular complexity index is 839. The van der Waals surface area contributed by atoms with E-state index in [-0.39, 0.29) is 0 Å². The van der Waals surface area contributed by atoms with Crippen LogP contribution in [-0.2, 0) is 0 Å². The molecular formula is C19H12BrNO. The number of nitriles is 1. The highest BCUT2D eigenvalue weighted by Gasteiger charge is 2.06. The van der Waals surface area contributed by atoms with Crippen LogP contribution in [0.5, 0.6) is 0 Å². The van der Waals surface area contributed by atoms with Crippen molar-refractivity contribution in [1.29, 1.82) is 5.26 Å². The Kier molecular flexibility index (Phi) is 4.22. The highest BCUT2D eigenvalue weighted by molar-refractivity contribution is 9.10. The van der Waals surface area contributed by atoms with E-state index in [4.69, 9.17) is 4.42 Å². The Labute approximate surface area is 137 Å². The summed E-state index contributed by atoms with van der Waals surface area (Å²) in [5.74, 6) is 1.45. The van der Waals surface area contributed by atoms with Gasteiger partial charge in [-0.15, -0.1) is 0 Å². The van der Waals surface area contributed by atoms with E-state index in [0.29, 0.717) is 11.3 Å². The number of benzene rings is 2. The number of halogens is 1. The Hall–Kier alpha value is -2.57. The Morgan fingerprint density at radius 1 is 0.955 bits per heavy atom. The zero-order valence-corrected chi connectivity index (χ0v) is 13.2. The normalized spacial score (nSPS) is 11.2. The molecule has 0 radical (unpaired) electrons. The molecule has 3 aromatic rings. The molecule has 0 bridgehead atoms. The van der Waals surface area contributed by atoms with E-state index in [1.165, 1.54) is 0 Å². The second kappa shape index (κ2) is 6.46. The van der Waals surface area contributed by atoms with E-state index in [1.807, 2.05) is 66.7 Å². The number of rotatable bonds is 3. The molecule has 1 aromatic heterocycles. The van der Waals surface area contributed by atoms with Gasteiger partial charge >= 0.3 is 0 Å². The van der Waals surface area contributed by atoms with E-state index in [2.05, 4.69) is 22.0 Å². The number of hydrogen-bond acceptors (Lipinski definition) is 2. The quantitative estimate of drug-likeness (QED) is 0.562. The maximum absolute atomic E-state index is 9.33. The standard InChI is InChI=1S/C19H12BrNO/c20-17-8-6-15(7-9-17)19-11-10-18(22-19)12-16(13-21)14-4-2-1-3-5-14/h1-12H/b16-12-. The molecule has 2 nitrogen and oxygen atoms in total. The minimum Gasteiger partial charge on any atom is -0.457 e. The number of hydrogen-bond donors (Lipinski definition) is 0. The zero-order valence-electron chi connectivity index (χ0n) is 11.7. The second-order valence-corrected chi connectivity index (χ2v) is 5.66. The predicted molar refractivity (Wildman–Crippen MR) is 91.8 cm³/mol. The van der Waals surface area contributed by atoms with Gasteiger partial charge in [-0.1, -0.05) is 58.4 Å². The maximum Gasteiger partial charge on any atom is 0.134 e. The van der Waals surface area contributed by atoms with Gasteiger partial charge in [0, 0.05) is 10.0 Å². The molecule has 0 aliphatic carbocycles. The van der Waals surface area contributed by atoms with Gasteiger partial charge in [0.25, 0.3) is 0 Å². The summed E-state index contributed by atoms with van der Waals surface area (Å²) in [5, 5.41) is 9.33. The van der Waals surface area contributed by atoms with Gasteiger partial charge in [0.15, 0.2) is 0 Å². The fraction of sp³-hybridized carbons (Fsp3) is 0. The molecule has 0 aliphatic rings. The van der Waals surface area contributed by atoms with Gasteiger partial charge in [0.2, 0.25) is 0 Å². The SMILES string of the molecule is N#C/C(=C/c1ccc(-c2ccc(Br)cc2)o1)c1ccccc1. The van der Waals surface area contributed by atoms with E-state index in [9.17, 15) is 5.26 Å². The van der Waals surface area contributed by atoms with Crippen molar-refractivity contribution in [1.82, 2.24) is 0 Å². The summed E-state index contributed by atoms with van der Waals surface area (Å²) in [7, 11) is 0. The van der Waals surface area contributed by atoms with Gasteiger partial charge in [-0.05, 0) is 35.9 Å². The van der Waals surface area contributed by atoms with Gasteiger partial charge in [-0.2, -0.15) is 5.26 Å². The third kappa shape index (κ3) is 3.19. The summed E-state index contributed by atoms with van der Waals surface area (Å²) in [4.78, 5) is 0. The van der Waals surface area contributed by atoms with Crippen LogP contribution in [0.25, 0.3) is 23.0 Å². The van der Waals surface area contributed by atoms with Crippen LogP contribution in [0.3, 0.4) is 0 Å². The highest BCUT2D eigenvalue weighted by atomic mass is 79.9. The second-order valence-electron chi connectivity index (χ2n) is 4.74. The first-order valence-corrected chi connectivity index (χ1v) is 7.58. The van der Waals surface area contributed by atoms with Crippen LogP contribution in [-0.4, -0.2) is 0 Å². The molecular weight excluding hydrogens is 338 g/mol. The summed E-state index contributed by atoms with van der Waals surface area (Å²) in [6.45, 7) is 0. The molecule has 0 saturated carbocycles. The van der Waals surface area contributed by atoms with Gasteiger partial charge in [0.05, 0.1) is 11.6 Å². The van der Waals surface area contributed by atoms with Crippen molar-refractivity contribution >= 4 is 27.6 Å². The lowest BCUT2D eigenvalue weighted by Gasteiger charge is -1.98. The van der Waals surface area contributed by atoms with Crippen molar-refractivity contribution < 1.29 is 4.42 Å². The topological polar surface area (TPSA) is 36.9 Å². The van der Waals surface area contributed by atoms with Crippen LogP contribution in [0.15, 0.2) is 75.6 Å². The first kappa shape index (κ1) is 14.4. The highest BCUT2D eigenvalue weighted by Crippen LogP contribution is 2.26. The molecule has 3 rings (SSSR count). The van der Waals surface area contributed by atoms with Crippen LogP contribution in [0.4, 0.5) is 0 Å². The molecule has 0 amide bonds. The summed E-state index contributed by atoms with van der Waals surface area (Å²) >= 11 is 3.41. The van der Waals surface area contributed by atoms with Gasteiger partial charge in [-0.3, -0.25) is 0 Å². The summed E-state index contributed by atoms with van der Waals surface area (Å²) in [6.07, 6.45) is 1.76. The Morgan fingerprint density at radius 3 is 2.36 bits per heavy atom. The zero-order chi connectivity index (χ0) is 15.4. The van der Waals surface area contributed by atoms with Gasteiger partial charge in [-0.25, -0.2) is 0 Å². The summed E-state index contributed by atoms with van der Waals surface area (Å²) in [6, 6.07) is 23.5. The van der Waals surface area contributed by atoms with E-state index in [0.717, 1.165) is 21.4 Å². The molecule has 1 heterocycles. The smallest absolute Gasteiger partial charge is 0.134 e. The number of allylic oxidation sites excluding steroid dienone is 1. The molecule has 22 heavy (non-hydrogen) atoms. The van der Waals surface area contributed by atoms with Crippen molar-refractivity contribution in [3.05, 3.63) is 82.5 Å². The number of nitrogens with zero attached hydrogens (tertiary/aromatic N) is 1. The van der Waals surface area contributed by atoms with Crippen LogP contribution in [0.2, 0.25) is 0 Å². The average molecular weight is 350 g/mol. The van der Waals surface area contributed by atoms with Crippen molar-refractivity contribution in [2.45, 2.75) is 0 Å². The van der Waals surface area contributed by atoms with E-state index < -0.39 is 0 Å². The summed E-state index contributed by atoms with van der Waals surface area (Å²) in [5.41, 5.74) is 2.46. The molecule has 3 heteroatoms. The molecule has 0 saturated heterocycles. The lowest BCUT2D eigenvalue weighted by Crippen LogP contribution is -1.79. The van der Waals surface area contributed by atoms with Gasteiger partial charge in [0.1, 0.15) is 11.5 Å². The van der Waals surface area contributed by atoms with Crippen molar-refractivity contribution in [3.63, 3.8) is 0 Å². The maximum atomic E-state index is 9.33.